The zero-order chi connectivity index (χ0) is 18.1. The average Bonchev–Trinajstić information content (AvgIpc) is 2.61. The van der Waals surface area contributed by atoms with Crippen molar-refractivity contribution in [1.29, 1.82) is 0 Å². The van der Waals surface area contributed by atoms with E-state index in [1.165, 1.54) is 0 Å². The van der Waals surface area contributed by atoms with Crippen LogP contribution in [0.3, 0.4) is 0 Å². The van der Waals surface area contributed by atoms with Crippen LogP contribution in [0, 0.1) is 0 Å². The van der Waals surface area contributed by atoms with Crippen molar-refractivity contribution in [3.63, 3.8) is 0 Å². The largest absolute Gasteiger partial charge is 0.363 e. The molecule has 0 amide bonds. The minimum absolute atomic E-state index is 0. The first-order valence-corrected chi connectivity index (χ1v) is 8.72. The van der Waals surface area contributed by atoms with Crippen molar-refractivity contribution >= 4 is 47.4 Å². The van der Waals surface area contributed by atoms with E-state index in [0.717, 1.165) is 42.5 Å². The first-order valence-electron chi connectivity index (χ1n) is 8.34. The van der Waals surface area contributed by atoms with E-state index in [-0.39, 0.29) is 24.0 Å². The van der Waals surface area contributed by atoms with E-state index in [0.29, 0.717) is 11.7 Å². The number of rotatable bonds is 7. The molecule has 6 nitrogen and oxygen atoms in total. The van der Waals surface area contributed by atoms with Gasteiger partial charge in [-0.25, -0.2) is 15.0 Å². The van der Waals surface area contributed by atoms with E-state index in [4.69, 9.17) is 11.6 Å². The lowest BCUT2D eigenvalue weighted by Crippen LogP contribution is -2.38. The highest BCUT2D eigenvalue weighted by Crippen LogP contribution is 2.08. The fourth-order valence-electron chi connectivity index (χ4n) is 2.19. The maximum absolute atomic E-state index is 5.80. The van der Waals surface area contributed by atoms with Crippen molar-refractivity contribution in [2.75, 3.05) is 32.1 Å². The molecule has 2 aromatic heterocycles. The van der Waals surface area contributed by atoms with Gasteiger partial charge in [0.15, 0.2) is 5.96 Å². The number of nitrogens with zero attached hydrogens (tertiary/aromatic N) is 4. The number of pyridine rings is 2. The van der Waals surface area contributed by atoms with E-state index in [1.807, 2.05) is 50.2 Å². The lowest BCUT2D eigenvalue weighted by atomic mass is 10.2. The highest BCUT2D eigenvalue weighted by Gasteiger charge is 2.02. The van der Waals surface area contributed by atoms with E-state index in [9.17, 15) is 0 Å². The van der Waals surface area contributed by atoms with Gasteiger partial charge in [-0.15, -0.1) is 24.0 Å². The van der Waals surface area contributed by atoms with Gasteiger partial charge in [-0.1, -0.05) is 23.7 Å². The normalized spacial score (nSPS) is 10.8. The van der Waals surface area contributed by atoms with E-state index in [1.54, 1.807) is 12.3 Å². The van der Waals surface area contributed by atoms with Gasteiger partial charge < -0.3 is 15.5 Å². The van der Waals surface area contributed by atoms with Gasteiger partial charge >= 0.3 is 0 Å². The zero-order valence-corrected chi connectivity index (χ0v) is 18.5. The second kappa shape index (κ2) is 11.9. The highest BCUT2D eigenvalue weighted by molar-refractivity contribution is 14.0. The zero-order valence-electron chi connectivity index (χ0n) is 15.4. The highest BCUT2D eigenvalue weighted by atomic mass is 127. The molecule has 0 radical (unpaired) electrons. The number of hydrogen-bond acceptors (Lipinski definition) is 4. The van der Waals surface area contributed by atoms with Gasteiger partial charge in [-0.2, -0.15) is 0 Å². The third-order valence-electron chi connectivity index (χ3n) is 3.49. The van der Waals surface area contributed by atoms with Crippen LogP contribution in [-0.2, 0) is 13.0 Å². The van der Waals surface area contributed by atoms with Crippen LogP contribution >= 0.6 is 35.6 Å². The van der Waals surface area contributed by atoms with Gasteiger partial charge in [0.05, 0.1) is 12.2 Å². The van der Waals surface area contributed by atoms with E-state index < -0.39 is 0 Å². The summed E-state index contributed by atoms with van der Waals surface area (Å²) in [7, 11) is 3.96. The monoisotopic (exact) mass is 488 g/mol. The molecule has 26 heavy (non-hydrogen) atoms. The molecule has 0 aliphatic rings. The predicted molar refractivity (Wildman–Crippen MR) is 120 cm³/mol. The Labute approximate surface area is 177 Å². The topological polar surface area (TPSA) is 65.4 Å². The van der Waals surface area contributed by atoms with Crippen molar-refractivity contribution in [3.8, 4) is 0 Å². The lowest BCUT2D eigenvalue weighted by molar-refractivity contribution is 0.795. The number of aliphatic imine (C=N–C) groups is 1. The Hall–Kier alpha value is -1.61. The van der Waals surface area contributed by atoms with Crippen molar-refractivity contribution < 1.29 is 0 Å². The second-order valence-electron chi connectivity index (χ2n) is 5.74. The summed E-state index contributed by atoms with van der Waals surface area (Å²) < 4.78 is 0. The Morgan fingerprint density at radius 2 is 2.00 bits per heavy atom. The van der Waals surface area contributed by atoms with Crippen LogP contribution in [0.5, 0.6) is 0 Å². The van der Waals surface area contributed by atoms with Crippen LogP contribution in [0.1, 0.15) is 18.2 Å². The van der Waals surface area contributed by atoms with Gasteiger partial charge in [-0.05, 0) is 37.1 Å². The average molecular weight is 489 g/mol. The van der Waals surface area contributed by atoms with Crippen molar-refractivity contribution in [2.45, 2.75) is 19.9 Å². The quantitative estimate of drug-likeness (QED) is 0.271. The van der Waals surface area contributed by atoms with E-state index in [2.05, 4.69) is 25.6 Å². The predicted octanol–water partition coefficient (Wildman–Crippen LogP) is 3.11. The van der Waals surface area contributed by atoms with Crippen molar-refractivity contribution in [2.24, 2.45) is 4.99 Å². The summed E-state index contributed by atoms with van der Waals surface area (Å²) in [5.41, 5.74) is 2.07. The molecule has 0 saturated carbocycles. The Balaban J connectivity index is 0.00000338. The molecule has 0 fully saturated rings. The number of hydrogen-bond donors (Lipinski definition) is 2. The van der Waals surface area contributed by atoms with Crippen LogP contribution < -0.4 is 15.5 Å². The number of aromatic nitrogens is 2. The van der Waals surface area contributed by atoms with Crippen molar-refractivity contribution in [3.05, 3.63) is 52.9 Å². The molecule has 2 aromatic rings. The smallest absolute Gasteiger partial charge is 0.191 e. The minimum atomic E-state index is 0. The van der Waals surface area contributed by atoms with Gasteiger partial charge in [0, 0.05) is 33.4 Å². The minimum Gasteiger partial charge on any atom is -0.363 e. The number of anilines is 1. The molecule has 0 spiro atoms. The molecule has 0 aliphatic heterocycles. The molecule has 8 heteroatoms. The molecule has 0 atom stereocenters. The fourth-order valence-corrected chi connectivity index (χ4v) is 2.30. The van der Waals surface area contributed by atoms with Gasteiger partial charge in [-0.3, -0.25) is 0 Å². The Morgan fingerprint density at radius 3 is 2.65 bits per heavy atom. The maximum Gasteiger partial charge on any atom is 0.191 e. The first kappa shape index (κ1) is 22.4. The maximum atomic E-state index is 5.80. The molecular formula is C18H26ClIN6. The number of nitrogens with one attached hydrogen (secondary N) is 2. The van der Waals surface area contributed by atoms with Crippen LogP contribution in [0.2, 0.25) is 5.15 Å². The SMILES string of the molecule is CCNC(=NCc1cccc(N(C)C)n1)NCCc1ccc(Cl)nc1.I. The second-order valence-corrected chi connectivity index (χ2v) is 6.13. The molecule has 2 N–H and O–H groups in total. The van der Waals surface area contributed by atoms with Gasteiger partial charge in [0.2, 0.25) is 0 Å². The Kier molecular flexibility index (Phi) is 10.3. The van der Waals surface area contributed by atoms with Gasteiger partial charge in [0.25, 0.3) is 0 Å². The summed E-state index contributed by atoms with van der Waals surface area (Å²) in [6, 6.07) is 9.76. The van der Waals surface area contributed by atoms with Crippen LogP contribution in [0.4, 0.5) is 5.82 Å². The standard InChI is InChI=1S/C18H25ClN6.HI/c1-4-20-18(21-11-10-14-8-9-16(19)22-12-14)23-13-15-6-5-7-17(24-15)25(2)3;/h5-9,12H,4,10-11,13H2,1-3H3,(H2,20,21,23);1H. The Bertz CT molecular complexity index is 690. The van der Waals surface area contributed by atoms with Crippen LogP contribution in [-0.4, -0.2) is 43.1 Å². The molecule has 0 unspecified atom stereocenters. The molecular weight excluding hydrogens is 463 g/mol. The van der Waals surface area contributed by atoms with Gasteiger partial charge in [0.1, 0.15) is 11.0 Å². The molecule has 2 heterocycles. The molecule has 0 saturated heterocycles. The van der Waals surface area contributed by atoms with Crippen LogP contribution in [0.15, 0.2) is 41.5 Å². The third kappa shape index (κ3) is 7.74. The third-order valence-corrected chi connectivity index (χ3v) is 3.71. The number of guanidine groups is 1. The summed E-state index contributed by atoms with van der Waals surface area (Å²) >= 11 is 5.80. The molecule has 0 bridgehead atoms. The summed E-state index contributed by atoms with van der Waals surface area (Å²) in [5.74, 6) is 1.71. The first-order chi connectivity index (χ1) is 12.1. The van der Waals surface area contributed by atoms with E-state index >= 15 is 0 Å². The summed E-state index contributed by atoms with van der Waals surface area (Å²) in [6.07, 6.45) is 2.65. The number of halogens is 2. The lowest BCUT2D eigenvalue weighted by Gasteiger charge is -2.13. The van der Waals surface area contributed by atoms with Crippen LogP contribution in [0.25, 0.3) is 0 Å². The molecule has 142 valence electrons. The fraction of sp³-hybridized carbons (Fsp3) is 0.389. The summed E-state index contributed by atoms with van der Waals surface area (Å²) in [4.78, 5) is 15.3. The summed E-state index contributed by atoms with van der Waals surface area (Å²) in [5, 5.41) is 7.09. The summed E-state index contributed by atoms with van der Waals surface area (Å²) in [6.45, 7) is 4.14. The Morgan fingerprint density at radius 1 is 1.19 bits per heavy atom. The molecule has 0 aromatic carbocycles. The molecule has 0 aliphatic carbocycles. The van der Waals surface area contributed by atoms with Crippen molar-refractivity contribution in [1.82, 2.24) is 20.6 Å². The molecule has 2 rings (SSSR count).